The van der Waals surface area contributed by atoms with Gasteiger partial charge in [-0.15, -0.1) is 0 Å². The Bertz CT molecular complexity index is 265. The van der Waals surface area contributed by atoms with Gasteiger partial charge in [-0.05, 0) is 22.4 Å². The van der Waals surface area contributed by atoms with Crippen LogP contribution in [0.2, 0.25) is 0 Å². The van der Waals surface area contributed by atoms with Crippen LogP contribution in [0, 0.1) is 0 Å². The maximum absolute atomic E-state index is 8.96. The van der Waals surface area contributed by atoms with Crippen molar-refractivity contribution >= 4 is 21.7 Å². The standard InChI is InChI=1S/C8H12BrN3O/c1-2-6(4-13)12-8-7(9)3-10-5-11-8/h3,5-6,13H,2,4H2,1H3,(H,10,11,12). The molecule has 0 spiro atoms. The predicted octanol–water partition coefficient (Wildman–Crippen LogP) is 1.42. The molecule has 0 aliphatic heterocycles. The number of rotatable bonds is 4. The average Bonchev–Trinajstić information content (AvgIpc) is 2.17. The van der Waals surface area contributed by atoms with Crippen molar-refractivity contribution in [1.82, 2.24) is 9.97 Å². The summed E-state index contributed by atoms with van der Waals surface area (Å²) in [5.74, 6) is 0.718. The summed E-state index contributed by atoms with van der Waals surface area (Å²) in [5, 5.41) is 12.1. The Morgan fingerprint density at radius 2 is 2.46 bits per heavy atom. The molecule has 4 nitrogen and oxygen atoms in total. The molecule has 0 bridgehead atoms. The number of aliphatic hydroxyl groups excluding tert-OH is 1. The van der Waals surface area contributed by atoms with Gasteiger partial charge in [0.1, 0.15) is 12.1 Å². The summed E-state index contributed by atoms with van der Waals surface area (Å²) in [6.07, 6.45) is 3.99. The van der Waals surface area contributed by atoms with Crippen LogP contribution in [-0.4, -0.2) is 27.7 Å². The second-order valence-electron chi connectivity index (χ2n) is 2.65. The molecule has 1 aromatic rings. The molecule has 72 valence electrons. The molecule has 0 fully saturated rings. The van der Waals surface area contributed by atoms with E-state index in [1.54, 1.807) is 6.20 Å². The molecule has 0 radical (unpaired) electrons. The number of halogens is 1. The summed E-state index contributed by atoms with van der Waals surface area (Å²) < 4.78 is 0.807. The van der Waals surface area contributed by atoms with Crippen molar-refractivity contribution in [2.24, 2.45) is 0 Å². The van der Waals surface area contributed by atoms with Gasteiger partial charge in [-0.25, -0.2) is 9.97 Å². The number of nitrogens with zero attached hydrogens (tertiary/aromatic N) is 2. The van der Waals surface area contributed by atoms with E-state index in [4.69, 9.17) is 5.11 Å². The average molecular weight is 246 g/mol. The summed E-state index contributed by atoms with van der Waals surface area (Å²) in [6, 6.07) is 0.0474. The molecule has 0 saturated carbocycles. The third-order valence-electron chi connectivity index (χ3n) is 1.72. The molecule has 5 heteroatoms. The first kappa shape index (κ1) is 10.4. The summed E-state index contributed by atoms with van der Waals surface area (Å²) in [5.41, 5.74) is 0. The van der Waals surface area contributed by atoms with E-state index in [1.165, 1.54) is 6.33 Å². The Balaban J connectivity index is 2.67. The zero-order valence-corrected chi connectivity index (χ0v) is 8.95. The molecule has 1 heterocycles. The van der Waals surface area contributed by atoms with Crippen LogP contribution in [-0.2, 0) is 0 Å². The van der Waals surface area contributed by atoms with Gasteiger partial charge in [0.05, 0.1) is 17.1 Å². The largest absolute Gasteiger partial charge is 0.394 e. The number of nitrogens with one attached hydrogen (secondary N) is 1. The Hall–Kier alpha value is -0.680. The number of aromatic nitrogens is 2. The van der Waals surface area contributed by atoms with Crippen LogP contribution in [0.25, 0.3) is 0 Å². The number of hydrogen-bond acceptors (Lipinski definition) is 4. The normalized spacial score (nSPS) is 12.5. The highest BCUT2D eigenvalue weighted by Crippen LogP contribution is 2.18. The summed E-state index contributed by atoms with van der Waals surface area (Å²) in [7, 11) is 0. The maximum Gasteiger partial charge on any atom is 0.144 e. The molecule has 0 saturated heterocycles. The fourth-order valence-corrected chi connectivity index (χ4v) is 1.22. The zero-order chi connectivity index (χ0) is 9.68. The third-order valence-corrected chi connectivity index (χ3v) is 2.30. The van der Waals surface area contributed by atoms with Crippen molar-refractivity contribution in [3.63, 3.8) is 0 Å². The highest BCUT2D eigenvalue weighted by molar-refractivity contribution is 9.10. The van der Waals surface area contributed by atoms with E-state index in [-0.39, 0.29) is 12.6 Å². The Morgan fingerprint density at radius 3 is 3.00 bits per heavy atom. The molecule has 13 heavy (non-hydrogen) atoms. The predicted molar refractivity (Wildman–Crippen MR) is 54.5 cm³/mol. The first-order valence-electron chi connectivity index (χ1n) is 4.10. The highest BCUT2D eigenvalue weighted by atomic mass is 79.9. The van der Waals surface area contributed by atoms with E-state index < -0.39 is 0 Å². The van der Waals surface area contributed by atoms with Crippen LogP contribution in [0.1, 0.15) is 13.3 Å². The molecule has 0 aliphatic rings. The van der Waals surface area contributed by atoms with Crippen molar-refractivity contribution in [3.05, 3.63) is 17.0 Å². The van der Waals surface area contributed by atoms with Gasteiger partial charge in [-0.2, -0.15) is 0 Å². The monoisotopic (exact) mass is 245 g/mol. The van der Waals surface area contributed by atoms with Crippen molar-refractivity contribution in [3.8, 4) is 0 Å². The lowest BCUT2D eigenvalue weighted by atomic mass is 10.2. The van der Waals surface area contributed by atoms with Gasteiger partial charge in [0.25, 0.3) is 0 Å². The fourth-order valence-electron chi connectivity index (χ4n) is 0.889. The second kappa shape index (κ2) is 5.14. The summed E-state index contributed by atoms with van der Waals surface area (Å²) >= 11 is 3.31. The van der Waals surface area contributed by atoms with E-state index in [1.807, 2.05) is 6.92 Å². The van der Waals surface area contributed by atoms with Crippen LogP contribution in [0.3, 0.4) is 0 Å². The van der Waals surface area contributed by atoms with Gasteiger partial charge in [-0.3, -0.25) is 0 Å². The van der Waals surface area contributed by atoms with E-state index in [2.05, 4.69) is 31.2 Å². The van der Waals surface area contributed by atoms with Crippen molar-refractivity contribution < 1.29 is 5.11 Å². The Labute approximate surface area is 85.5 Å². The van der Waals surface area contributed by atoms with E-state index in [9.17, 15) is 0 Å². The second-order valence-corrected chi connectivity index (χ2v) is 3.51. The molecule has 1 aromatic heterocycles. The molecule has 1 rings (SSSR count). The molecule has 0 aliphatic carbocycles. The topological polar surface area (TPSA) is 58.0 Å². The fraction of sp³-hybridized carbons (Fsp3) is 0.500. The zero-order valence-electron chi connectivity index (χ0n) is 7.37. The molecular weight excluding hydrogens is 234 g/mol. The number of anilines is 1. The van der Waals surface area contributed by atoms with Gasteiger partial charge in [0.15, 0.2) is 0 Å². The van der Waals surface area contributed by atoms with Crippen molar-refractivity contribution in [2.45, 2.75) is 19.4 Å². The summed E-state index contributed by atoms with van der Waals surface area (Å²) in [6.45, 7) is 2.11. The molecular formula is C8H12BrN3O. The van der Waals surface area contributed by atoms with Crippen molar-refractivity contribution in [2.75, 3.05) is 11.9 Å². The van der Waals surface area contributed by atoms with E-state index in [0.29, 0.717) is 0 Å². The Kier molecular flexibility index (Phi) is 4.11. The van der Waals surface area contributed by atoms with Crippen LogP contribution in [0.4, 0.5) is 5.82 Å². The third kappa shape index (κ3) is 2.93. The molecule has 1 atom stereocenters. The lowest BCUT2D eigenvalue weighted by molar-refractivity contribution is 0.271. The smallest absolute Gasteiger partial charge is 0.144 e. The minimum absolute atomic E-state index is 0.0474. The van der Waals surface area contributed by atoms with Gasteiger partial charge in [0.2, 0.25) is 0 Å². The molecule has 0 aromatic carbocycles. The van der Waals surface area contributed by atoms with Gasteiger partial charge in [0, 0.05) is 6.20 Å². The molecule has 0 amide bonds. The van der Waals surface area contributed by atoms with Crippen LogP contribution in [0.15, 0.2) is 17.0 Å². The van der Waals surface area contributed by atoms with Crippen LogP contribution >= 0.6 is 15.9 Å². The van der Waals surface area contributed by atoms with Gasteiger partial charge in [-0.1, -0.05) is 6.92 Å². The Morgan fingerprint density at radius 1 is 1.69 bits per heavy atom. The first-order valence-corrected chi connectivity index (χ1v) is 4.90. The van der Waals surface area contributed by atoms with Crippen molar-refractivity contribution in [1.29, 1.82) is 0 Å². The van der Waals surface area contributed by atoms with Crippen LogP contribution < -0.4 is 5.32 Å². The van der Waals surface area contributed by atoms with Gasteiger partial charge >= 0.3 is 0 Å². The summed E-state index contributed by atoms with van der Waals surface area (Å²) in [4.78, 5) is 7.88. The number of hydrogen-bond donors (Lipinski definition) is 2. The lowest BCUT2D eigenvalue weighted by Crippen LogP contribution is -2.23. The van der Waals surface area contributed by atoms with Gasteiger partial charge < -0.3 is 10.4 Å². The SMILES string of the molecule is CCC(CO)Nc1ncncc1Br. The molecule has 2 N–H and O–H groups in total. The maximum atomic E-state index is 8.96. The molecule has 1 unspecified atom stereocenters. The lowest BCUT2D eigenvalue weighted by Gasteiger charge is -2.14. The number of aliphatic hydroxyl groups is 1. The quantitative estimate of drug-likeness (QED) is 0.843. The minimum Gasteiger partial charge on any atom is -0.394 e. The van der Waals surface area contributed by atoms with E-state index >= 15 is 0 Å². The minimum atomic E-state index is 0.0474. The first-order chi connectivity index (χ1) is 6.27. The van der Waals surface area contributed by atoms with Crippen LogP contribution in [0.5, 0.6) is 0 Å². The van der Waals surface area contributed by atoms with E-state index in [0.717, 1.165) is 16.7 Å². The highest BCUT2D eigenvalue weighted by Gasteiger charge is 2.07.